The zero-order valence-corrected chi connectivity index (χ0v) is 11.1. The summed E-state index contributed by atoms with van der Waals surface area (Å²) in [5.74, 6) is -2.35. The number of thioether (sulfide) groups is 1. The van der Waals surface area contributed by atoms with Gasteiger partial charge in [-0.1, -0.05) is 0 Å². The van der Waals surface area contributed by atoms with Crippen LogP contribution < -0.4 is 4.74 Å². The van der Waals surface area contributed by atoms with Crippen LogP contribution in [0.15, 0.2) is 17.0 Å². The van der Waals surface area contributed by atoms with E-state index in [-0.39, 0.29) is 17.9 Å². The minimum absolute atomic E-state index is 0.0809. The molecule has 1 rings (SSSR count). The molecule has 0 N–H and O–H groups in total. The van der Waals surface area contributed by atoms with E-state index in [1.165, 1.54) is 24.9 Å². The van der Waals surface area contributed by atoms with Gasteiger partial charge in [-0.2, -0.15) is 0 Å². The van der Waals surface area contributed by atoms with Crippen LogP contribution in [0.4, 0.5) is 4.39 Å². The maximum Gasteiger partial charge on any atom is 0.379 e. The smallest absolute Gasteiger partial charge is 0.379 e. The Bertz CT molecular complexity index is 473. The number of hydrogen-bond acceptors (Lipinski definition) is 5. The van der Waals surface area contributed by atoms with Crippen molar-refractivity contribution in [1.82, 2.24) is 0 Å². The summed E-state index contributed by atoms with van der Waals surface area (Å²) in [7, 11) is 1.36. The highest BCUT2D eigenvalue weighted by atomic mass is 32.2. The quantitative estimate of drug-likeness (QED) is 0.356. The van der Waals surface area contributed by atoms with Crippen LogP contribution in [-0.4, -0.2) is 31.7 Å². The predicted octanol–water partition coefficient (Wildman–Crippen LogP) is 2.30. The first kappa shape index (κ1) is 14.5. The van der Waals surface area contributed by atoms with Crippen LogP contribution in [0.5, 0.6) is 5.75 Å². The molecule has 0 aliphatic carbocycles. The minimum Gasteiger partial charge on any atom is -0.495 e. The molecule has 0 radical (unpaired) electrons. The van der Waals surface area contributed by atoms with Gasteiger partial charge in [0.25, 0.3) is 5.78 Å². The van der Waals surface area contributed by atoms with Gasteiger partial charge in [0.1, 0.15) is 11.6 Å². The van der Waals surface area contributed by atoms with E-state index in [0.29, 0.717) is 4.90 Å². The molecule has 0 unspecified atom stereocenters. The van der Waals surface area contributed by atoms with Gasteiger partial charge in [0.15, 0.2) is 0 Å². The first-order chi connectivity index (χ1) is 8.54. The third-order valence-corrected chi connectivity index (χ3v) is 2.89. The van der Waals surface area contributed by atoms with E-state index >= 15 is 0 Å². The van der Waals surface area contributed by atoms with Gasteiger partial charge in [-0.3, -0.25) is 4.79 Å². The molecule has 4 nitrogen and oxygen atoms in total. The molecule has 1 aromatic carbocycles. The molecule has 0 atom stereocenters. The average molecular weight is 272 g/mol. The molecule has 0 fully saturated rings. The fourth-order valence-electron chi connectivity index (χ4n) is 1.41. The van der Waals surface area contributed by atoms with E-state index in [1.807, 2.05) is 0 Å². The summed E-state index contributed by atoms with van der Waals surface area (Å²) in [6.07, 6.45) is 1.72. The van der Waals surface area contributed by atoms with Gasteiger partial charge in [-0.15, -0.1) is 11.8 Å². The highest BCUT2D eigenvalue weighted by molar-refractivity contribution is 7.98. The lowest BCUT2D eigenvalue weighted by molar-refractivity contribution is -0.137. The van der Waals surface area contributed by atoms with Crippen LogP contribution in [0.25, 0.3) is 0 Å². The molecule has 98 valence electrons. The highest BCUT2D eigenvalue weighted by Gasteiger charge is 2.24. The van der Waals surface area contributed by atoms with Gasteiger partial charge in [0.2, 0.25) is 0 Å². The van der Waals surface area contributed by atoms with Crippen molar-refractivity contribution in [3.05, 3.63) is 23.5 Å². The maximum atomic E-state index is 13.4. The number of hydrogen-bond donors (Lipinski definition) is 0. The predicted molar refractivity (Wildman–Crippen MR) is 65.7 cm³/mol. The SMILES string of the molecule is CCOC(=O)C(=O)c1cc(F)cc(SC)c1OC. The molecular weight excluding hydrogens is 259 g/mol. The zero-order valence-electron chi connectivity index (χ0n) is 10.3. The average Bonchev–Trinajstić information content (AvgIpc) is 2.36. The van der Waals surface area contributed by atoms with E-state index in [9.17, 15) is 14.0 Å². The fourth-order valence-corrected chi connectivity index (χ4v) is 2.02. The van der Waals surface area contributed by atoms with Gasteiger partial charge < -0.3 is 9.47 Å². The number of esters is 1. The fraction of sp³-hybridized carbons (Fsp3) is 0.333. The Balaban J connectivity index is 3.26. The molecule has 6 heteroatoms. The van der Waals surface area contributed by atoms with Crippen molar-refractivity contribution in [2.24, 2.45) is 0 Å². The molecule has 0 saturated heterocycles. The highest BCUT2D eigenvalue weighted by Crippen LogP contribution is 2.32. The van der Waals surface area contributed by atoms with E-state index in [0.717, 1.165) is 6.07 Å². The largest absolute Gasteiger partial charge is 0.495 e. The van der Waals surface area contributed by atoms with Crippen LogP contribution in [0.2, 0.25) is 0 Å². The number of benzene rings is 1. The second kappa shape index (κ2) is 6.39. The van der Waals surface area contributed by atoms with Crippen molar-refractivity contribution in [2.45, 2.75) is 11.8 Å². The standard InChI is InChI=1S/C12H13FO4S/c1-4-17-12(15)10(14)8-5-7(13)6-9(18-3)11(8)16-2/h5-6H,4H2,1-3H3. The summed E-state index contributed by atoms with van der Waals surface area (Å²) in [5.41, 5.74) is -0.125. The van der Waals surface area contributed by atoms with E-state index in [1.54, 1.807) is 13.2 Å². The zero-order chi connectivity index (χ0) is 13.7. The Morgan fingerprint density at radius 1 is 1.39 bits per heavy atom. The normalized spacial score (nSPS) is 10.0. The van der Waals surface area contributed by atoms with Crippen molar-refractivity contribution in [2.75, 3.05) is 20.0 Å². The van der Waals surface area contributed by atoms with Crippen LogP contribution in [0.3, 0.4) is 0 Å². The Morgan fingerprint density at radius 2 is 2.06 bits per heavy atom. The summed E-state index contributed by atoms with van der Waals surface area (Å²) >= 11 is 1.22. The van der Waals surface area contributed by atoms with Gasteiger partial charge in [0, 0.05) is 0 Å². The molecule has 0 bridgehead atoms. The van der Waals surface area contributed by atoms with Crippen molar-refractivity contribution < 1.29 is 23.5 Å². The van der Waals surface area contributed by atoms with Gasteiger partial charge in [-0.05, 0) is 25.3 Å². The summed E-state index contributed by atoms with van der Waals surface area (Å²) in [4.78, 5) is 23.6. The Morgan fingerprint density at radius 3 is 2.56 bits per heavy atom. The Hall–Kier alpha value is -1.56. The first-order valence-corrected chi connectivity index (χ1v) is 6.40. The first-order valence-electron chi connectivity index (χ1n) is 5.18. The van der Waals surface area contributed by atoms with Crippen molar-refractivity contribution in [1.29, 1.82) is 0 Å². The monoisotopic (exact) mass is 272 g/mol. The number of Topliss-reactive ketones (excluding diaryl/α,β-unsaturated/α-hetero) is 1. The lowest BCUT2D eigenvalue weighted by atomic mass is 10.1. The summed E-state index contributed by atoms with van der Waals surface area (Å²) in [5, 5.41) is 0. The van der Waals surface area contributed by atoms with E-state index < -0.39 is 17.6 Å². The molecule has 0 heterocycles. The lowest BCUT2D eigenvalue weighted by Gasteiger charge is -2.11. The molecule has 18 heavy (non-hydrogen) atoms. The second-order valence-electron chi connectivity index (χ2n) is 3.24. The van der Waals surface area contributed by atoms with Crippen LogP contribution >= 0.6 is 11.8 Å². The molecule has 0 aliphatic rings. The lowest BCUT2D eigenvalue weighted by Crippen LogP contribution is -2.18. The van der Waals surface area contributed by atoms with Crippen LogP contribution in [0, 0.1) is 5.82 Å². The minimum atomic E-state index is -1.02. The number of methoxy groups -OCH3 is 1. The molecule has 0 aliphatic heterocycles. The Kier molecular flexibility index (Phi) is 5.15. The van der Waals surface area contributed by atoms with E-state index in [4.69, 9.17) is 4.74 Å². The number of rotatable bonds is 5. The summed E-state index contributed by atoms with van der Waals surface area (Å²) < 4.78 is 23.0. The molecular formula is C12H13FO4S. The van der Waals surface area contributed by atoms with Crippen LogP contribution in [-0.2, 0) is 9.53 Å². The number of halogens is 1. The number of carbonyl (C=O) groups excluding carboxylic acids is 2. The van der Waals surface area contributed by atoms with E-state index in [2.05, 4.69) is 4.74 Å². The van der Waals surface area contributed by atoms with Gasteiger partial charge in [0.05, 0.1) is 24.2 Å². The maximum absolute atomic E-state index is 13.4. The molecule has 0 spiro atoms. The molecule has 0 amide bonds. The van der Waals surface area contributed by atoms with Crippen LogP contribution in [0.1, 0.15) is 17.3 Å². The third kappa shape index (κ3) is 3.01. The Labute approximate surface area is 108 Å². The number of ether oxygens (including phenoxy) is 2. The van der Waals surface area contributed by atoms with Gasteiger partial charge >= 0.3 is 5.97 Å². The second-order valence-corrected chi connectivity index (χ2v) is 4.09. The van der Waals surface area contributed by atoms with Crippen molar-refractivity contribution in [3.8, 4) is 5.75 Å². The molecule has 0 saturated carbocycles. The van der Waals surface area contributed by atoms with Crippen molar-refractivity contribution >= 4 is 23.5 Å². The molecule has 0 aromatic heterocycles. The summed E-state index contributed by atoms with van der Waals surface area (Å²) in [6.45, 7) is 1.67. The van der Waals surface area contributed by atoms with Crippen molar-refractivity contribution in [3.63, 3.8) is 0 Å². The van der Waals surface area contributed by atoms with Gasteiger partial charge in [-0.25, -0.2) is 9.18 Å². The topological polar surface area (TPSA) is 52.6 Å². The molecule has 1 aromatic rings. The number of ketones is 1. The summed E-state index contributed by atoms with van der Waals surface area (Å²) in [6, 6.07) is 2.21. The number of carbonyl (C=O) groups is 2. The third-order valence-electron chi connectivity index (χ3n) is 2.15.